The third kappa shape index (κ3) is 17.1. The summed E-state index contributed by atoms with van der Waals surface area (Å²) in [7, 11) is 0. The second-order valence-corrected chi connectivity index (χ2v) is 16.4. The Balaban J connectivity index is 1.12. The molecule has 2 aromatic rings. The highest BCUT2D eigenvalue weighted by molar-refractivity contribution is 5.97. The summed E-state index contributed by atoms with van der Waals surface area (Å²) in [6.45, 7) is -7.18. The monoisotopic (exact) mass is 1000 g/mol. The average Bonchev–Trinajstić information content (AvgIpc) is 3.77. The van der Waals surface area contributed by atoms with Crippen molar-refractivity contribution in [2.75, 3.05) is 52.6 Å². The van der Waals surface area contributed by atoms with Crippen molar-refractivity contribution < 1.29 is 78.3 Å². The van der Waals surface area contributed by atoms with E-state index < -0.39 is 166 Å². The van der Waals surface area contributed by atoms with Crippen molar-refractivity contribution in [1.82, 2.24) is 58.2 Å². The minimum atomic E-state index is -1.77. The third-order valence-electron chi connectivity index (χ3n) is 11.1. The van der Waals surface area contributed by atoms with E-state index in [1.807, 2.05) is 24.3 Å². The number of carboxylic acid groups (broad SMARTS) is 1. The maximum Gasteiger partial charge on any atom is 0.326 e. The van der Waals surface area contributed by atoms with Gasteiger partial charge in [0.15, 0.2) is 5.66 Å². The topological polar surface area (TPSA) is 476 Å². The number of carbonyl (C=O) groups is 11. The van der Waals surface area contributed by atoms with Gasteiger partial charge in [-0.1, -0.05) is 18.2 Å². The van der Waals surface area contributed by atoms with Gasteiger partial charge < -0.3 is 89.4 Å². The summed E-state index contributed by atoms with van der Waals surface area (Å²) in [6, 6.07) is -2.07. The minimum absolute atomic E-state index is 0.0762. The predicted octanol–water partition coefficient (Wildman–Crippen LogP) is -8.41. The summed E-state index contributed by atoms with van der Waals surface area (Å²) in [5.74, 6) is -11.6. The van der Waals surface area contributed by atoms with Crippen LogP contribution in [0.4, 0.5) is 0 Å². The van der Waals surface area contributed by atoms with E-state index >= 15 is 0 Å². The standard InChI is InChI=1S/C41H58N14O16/c42-23(9-20-11-43-24-4-2-1-3-22(20)24)35(65)44-12-31(61)48-26(16-56)36(66)45-13-32(62)49-27(17-57)37(67)46-14-33(63)50-28(18-58)38(68)47-15-34(64)51-29(19-59)39(69)52-25(40(70)71)10-30(60)53-41-7-5-21(6-8-41)54-55-41/h1-4,11,21,23,25-29,43,56-59H,5-10,12-19,42H2,(H,44,65)(H,45,66)(H,46,67)(H,47,68)(H,48,61)(H,49,62)(H,50,63)(H,51,64)(H,52,69)(H,53,60)(H,70,71)/t21?,23-,25?,26-,27-,28-,29-,41?/m0/s1. The Kier molecular flexibility index (Phi) is 21.2. The molecule has 1 saturated carbocycles. The number of hydrogen-bond acceptors (Lipinski definition) is 18. The van der Waals surface area contributed by atoms with Gasteiger partial charge in [-0.15, -0.1) is 0 Å². The van der Waals surface area contributed by atoms with Crippen LogP contribution in [-0.2, 0) is 59.2 Å². The molecular formula is C41H58N14O16. The molecule has 1 fully saturated rings. The van der Waals surface area contributed by atoms with E-state index in [9.17, 15) is 78.3 Å². The Bertz CT molecular complexity index is 2320. The summed E-state index contributed by atoms with van der Waals surface area (Å²) in [5, 5.41) is 79.2. The number of rotatable bonds is 28. The molecule has 30 heteroatoms. The molecule has 3 aliphatic rings. The first-order chi connectivity index (χ1) is 33.8. The number of carbonyl (C=O) groups excluding carboxylic acids is 10. The molecule has 18 N–H and O–H groups in total. The molecule has 0 saturated heterocycles. The summed E-state index contributed by atoms with van der Waals surface area (Å²) in [5.41, 5.74) is 6.67. The van der Waals surface area contributed by atoms with Crippen LogP contribution in [0.25, 0.3) is 10.9 Å². The molecule has 1 aromatic carbocycles. The second-order valence-electron chi connectivity index (χ2n) is 16.4. The van der Waals surface area contributed by atoms with Crippen LogP contribution in [0.15, 0.2) is 40.7 Å². The number of nitrogens with two attached hydrogens (primary N) is 1. The van der Waals surface area contributed by atoms with Gasteiger partial charge >= 0.3 is 5.97 Å². The lowest BCUT2D eigenvalue weighted by Gasteiger charge is -2.39. The van der Waals surface area contributed by atoms with E-state index in [2.05, 4.69) is 68.4 Å². The number of aliphatic carboxylic acids is 1. The molecule has 388 valence electrons. The lowest BCUT2D eigenvalue weighted by Crippen LogP contribution is -2.57. The zero-order valence-corrected chi connectivity index (χ0v) is 38.0. The highest BCUT2D eigenvalue weighted by Gasteiger charge is 2.41. The van der Waals surface area contributed by atoms with Crippen LogP contribution >= 0.6 is 0 Å². The largest absolute Gasteiger partial charge is 0.480 e. The highest BCUT2D eigenvalue weighted by Crippen LogP contribution is 2.36. The summed E-state index contributed by atoms with van der Waals surface area (Å²) < 4.78 is 0. The number of amides is 10. The molecule has 2 aliphatic heterocycles. The van der Waals surface area contributed by atoms with Crippen LogP contribution in [0.1, 0.15) is 37.7 Å². The van der Waals surface area contributed by atoms with Crippen LogP contribution in [0.2, 0.25) is 0 Å². The normalized spacial score (nSPS) is 18.2. The molecule has 10 amide bonds. The number of aliphatic hydroxyl groups is 4. The quantitative estimate of drug-likeness (QED) is 0.0376. The average molecular weight is 1000 g/mol. The number of fused-ring (bicyclic) bond motifs is 3. The summed E-state index contributed by atoms with van der Waals surface area (Å²) >= 11 is 0. The van der Waals surface area contributed by atoms with Crippen LogP contribution < -0.4 is 58.9 Å². The molecule has 3 heterocycles. The summed E-state index contributed by atoms with van der Waals surface area (Å²) in [6.07, 6.45) is 3.57. The molecule has 30 nitrogen and oxygen atoms in total. The Labute approximate surface area is 402 Å². The lowest BCUT2D eigenvalue weighted by atomic mass is 9.85. The van der Waals surface area contributed by atoms with Crippen LogP contribution in [0.3, 0.4) is 0 Å². The fraction of sp³-hybridized carbons (Fsp3) is 0.537. The number of azo groups is 1. The highest BCUT2D eigenvalue weighted by atomic mass is 16.4. The van der Waals surface area contributed by atoms with Gasteiger partial charge in [0.25, 0.3) is 0 Å². The molecule has 0 spiro atoms. The molecule has 0 radical (unpaired) electrons. The molecule has 6 atom stereocenters. The van der Waals surface area contributed by atoms with E-state index in [4.69, 9.17) is 5.73 Å². The Hall–Kier alpha value is -7.67. The van der Waals surface area contributed by atoms with Crippen molar-refractivity contribution in [2.45, 2.75) is 86.5 Å². The van der Waals surface area contributed by atoms with E-state index in [-0.39, 0.29) is 12.5 Å². The SMILES string of the molecule is N[C@@H](Cc1c[nH]c2ccccc12)C(=O)NCC(=O)N[C@@H](CO)C(=O)NCC(=O)N[C@@H](CO)C(=O)NCC(=O)N[C@@H](CO)C(=O)NCC(=O)N[C@@H](CO)C(=O)NC(CC(=O)NC12CCC(CC1)N=N2)C(=O)O. The number of benzene rings is 1. The summed E-state index contributed by atoms with van der Waals surface area (Å²) in [4.78, 5) is 141. The van der Waals surface area contributed by atoms with Crippen molar-refractivity contribution in [1.29, 1.82) is 0 Å². The van der Waals surface area contributed by atoms with Crippen molar-refractivity contribution in [3.05, 3.63) is 36.0 Å². The lowest BCUT2D eigenvalue weighted by molar-refractivity contribution is -0.144. The van der Waals surface area contributed by atoms with Gasteiger partial charge in [-0.2, -0.15) is 10.2 Å². The maximum absolute atomic E-state index is 12.8. The van der Waals surface area contributed by atoms with Crippen LogP contribution in [0.5, 0.6) is 0 Å². The molecule has 2 bridgehead atoms. The van der Waals surface area contributed by atoms with E-state index in [0.717, 1.165) is 16.5 Å². The van der Waals surface area contributed by atoms with Gasteiger partial charge in [-0.25, -0.2) is 4.79 Å². The number of para-hydroxylation sites is 1. The van der Waals surface area contributed by atoms with Gasteiger partial charge in [0.1, 0.15) is 30.2 Å². The molecule has 1 aliphatic carbocycles. The second kappa shape index (κ2) is 26.9. The van der Waals surface area contributed by atoms with Gasteiger partial charge in [0, 0.05) is 17.1 Å². The molecule has 1 aromatic heterocycles. The van der Waals surface area contributed by atoms with E-state index in [0.29, 0.717) is 25.7 Å². The van der Waals surface area contributed by atoms with Crippen molar-refractivity contribution >= 4 is 75.9 Å². The number of aromatic nitrogens is 1. The molecule has 5 rings (SSSR count). The number of nitrogens with zero attached hydrogens (tertiary/aromatic N) is 2. The third-order valence-corrected chi connectivity index (χ3v) is 11.1. The first-order valence-corrected chi connectivity index (χ1v) is 22.1. The van der Waals surface area contributed by atoms with E-state index in [1.54, 1.807) is 6.20 Å². The number of nitrogens with one attached hydrogen (secondary N) is 11. The fourth-order valence-electron chi connectivity index (χ4n) is 7.16. The number of carboxylic acids is 1. The Morgan fingerprint density at radius 1 is 0.606 bits per heavy atom. The van der Waals surface area contributed by atoms with Crippen LogP contribution in [-0.4, -0.2) is 196 Å². The number of aromatic amines is 1. The number of H-pyrrole nitrogens is 1. The van der Waals surface area contributed by atoms with Crippen molar-refractivity contribution in [2.24, 2.45) is 16.0 Å². The predicted molar refractivity (Wildman–Crippen MR) is 240 cm³/mol. The minimum Gasteiger partial charge on any atom is -0.480 e. The number of aliphatic hydroxyl groups excluding tert-OH is 4. The van der Waals surface area contributed by atoms with Crippen molar-refractivity contribution in [3.63, 3.8) is 0 Å². The zero-order valence-electron chi connectivity index (χ0n) is 38.0. The van der Waals surface area contributed by atoms with Gasteiger partial charge in [-0.3, -0.25) is 47.9 Å². The Morgan fingerprint density at radius 2 is 1.04 bits per heavy atom. The maximum atomic E-state index is 12.8. The molecule has 1 unspecified atom stereocenters. The fourth-order valence-corrected chi connectivity index (χ4v) is 7.16. The van der Waals surface area contributed by atoms with Crippen LogP contribution in [0, 0.1) is 0 Å². The van der Waals surface area contributed by atoms with Gasteiger partial charge in [0.05, 0.1) is 71.1 Å². The Morgan fingerprint density at radius 3 is 1.46 bits per heavy atom. The smallest absolute Gasteiger partial charge is 0.326 e. The van der Waals surface area contributed by atoms with Crippen molar-refractivity contribution in [3.8, 4) is 0 Å². The molecular weight excluding hydrogens is 945 g/mol. The first-order valence-electron chi connectivity index (χ1n) is 22.1. The van der Waals surface area contributed by atoms with Gasteiger partial charge in [-0.05, 0) is 43.7 Å². The first kappa shape index (κ1) is 55.9. The van der Waals surface area contributed by atoms with Gasteiger partial charge in [0.2, 0.25) is 59.1 Å². The number of hydrogen-bond donors (Lipinski definition) is 17. The van der Waals surface area contributed by atoms with E-state index in [1.165, 1.54) is 0 Å². The zero-order chi connectivity index (χ0) is 52.3. The molecule has 71 heavy (non-hydrogen) atoms.